The minimum Gasteiger partial charge on any atom is -0.341 e. The average Bonchev–Trinajstić information content (AvgIpc) is 2.80. The molecule has 1 heterocycles. The SMILES string of the molecule is CCCc1n[nH]c(=S)n1CC(=O)N(C)C1CCC(C)(C)CC1. The first-order valence-electron chi connectivity index (χ1n) is 8.24. The molecule has 0 bridgehead atoms. The van der Waals surface area contributed by atoms with E-state index in [4.69, 9.17) is 12.2 Å². The molecule has 0 aliphatic heterocycles. The highest BCUT2D eigenvalue weighted by molar-refractivity contribution is 7.71. The van der Waals surface area contributed by atoms with Gasteiger partial charge in [-0.25, -0.2) is 0 Å². The number of likely N-dealkylation sites (N-methyl/N-ethyl adjacent to an activating group) is 1. The van der Waals surface area contributed by atoms with Crippen LogP contribution in [0.4, 0.5) is 0 Å². The van der Waals surface area contributed by atoms with Crippen LogP contribution in [0.1, 0.15) is 58.7 Å². The van der Waals surface area contributed by atoms with E-state index in [1.165, 1.54) is 12.8 Å². The second-order valence-electron chi connectivity index (χ2n) is 7.18. The highest BCUT2D eigenvalue weighted by Gasteiger charge is 2.30. The lowest BCUT2D eigenvalue weighted by atomic mass is 9.75. The topological polar surface area (TPSA) is 53.9 Å². The number of nitrogens with zero attached hydrogens (tertiary/aromatic N) is 3. The summed E-state index contributed by atoms with van der Waals surface area (Å²) in [5.74, 6) is 0.999. The van der Waals surface area contributed by atoms with Crippen molar-refractivity contribution in [3.63, 3.8) is 0 Å². The van der Waals surface area contributed by atoms with Crippen molar-refractivity contribution in [3.05, 3.63) is 10.6 Å². The van der Waals surface area contributed by atoms with Crippen molar-refractivity contribution < 1.29 is 4.79 Å². The number of nitrogens with one attached hydrogen (secondary N) is 1. The molecular formula is C16H28N4OS. The highest BCUT2D eigenvalue weighted by Crippen LogP contribution is 2.36. The van der Waals surface area contributed by atoms with E-state index in [1.807, 2.05) is 16.5 Å². The largest absolute Gasteiger partial charge is 0.341 e. The molecule has 1 N–H and O–H groups in total. The molecule has 1 amide bonds. The van der Waals surface area contributed by atoms with Crippen molar-refractivity contribution in [2.75, 3.05) is 7.05 Å². The van der Waals surface area contributed by atoms with Crippen LogP contribution in [0.5, 0.6) is 0 Å². The van der Waals surface area contributed by atoms with Crippen LogP contribution in [-0.2, 0) is 17.8 Å². The molecule has 2 rings (SSSR count). The molecule has 1 fully saturated rings. The summed E-state index contributed by atoms with van der Waals surface area (Å²) in [7, 11) is 1.93. The van der Waals surface area contributed by atoms with E-state index in [-0.39, 0.29) is 5.91 Å². The molecule has 0 atom stereocenters. The summed E-state index contributed by atoms with van der Waals surface area (Å²) in [6.45, 7) is 7.01. The number of carbonyl (C=O) groups excluding carboxylic acids is 1. The van der Waals surface area contributed by atoms with Gasteiger partial charge in [0.25, 0.3) is 0 Å². The molecule has 124 valence electrons. The Hall–Kier alpha value is -1.17. The van der Waals surface area contributed by atoms with Crippen LogP contribution in [0.25, 0.3) is 0 Å². The number of hydrogen-bond acceptors (Lipinski definition) is 3. The number of rotatable bonds is 5. The maximum absolute atomic E-state index is 12.6. The molecule has 0 saturated heterocycles. The number of aromatic nitrogens is 3. The molecule has 0 spiro atoms. The predicted molar refractivity (Wildman–Crippen MR) is 90.2 cm³/mol. The Morgan fingerprint density at radius 3 is 2.68 bits per heavy atom. The monoisotopic (exact) mass is 324 g/mol. The lowest BCUT2D eigenvalue weighted by Gasteiger charge is -2.38. The molecule has 0 aromatic carbocycles. The van der Waals surface area contributed by atoms with Gasteiger partial charge in [0.2, 0.25) is 5.91 Å². The highest BCUT2D eigenvalue weighted by atomic mass is 32.1. The van der Waals surface area contributed by atoms with E-state index in [0.29, 0.717) is 22.8 Å². The van der Waals surface area contributed by atoms with E-state index in [0.717, 1.165) is 31.5 Å². The zero-order valence-corrected chi connectivity index (χ0v) is 15.0. The van der Waals surface area contributed by atoms with Gasteiger partial charge in [0.05, 0.1) is 0 Å². The van der Waals surface area contributed by atoms with Crippen molar-refractivity contribution in [1.82, 2.24) is 19.7 Å². The number of carbonyl (C=O) groups is 1. The summed E-state index contributed by atoms with van der Waals surface area (Å²) in [5.41, 5.74) is 0.418. The summed E-state index contributed by atoms with van der Waals surface area (Å²) >= 11 is 5.25. The third kappa shape index (κ3) is 3.97. The Balaban J connectivity index is 2.00. The van der Waals surface area contributed by atoms with Crippen LogP contribution in [0.2, 0.25) is 0 Å². The van der Waals surface area contributed by atoms with Crippen molar-refractivity contribution in [1.29, 1.82) is 0 Å². The summed E-state index contributed by atoms with van der Waals surface area (Å²) in [4.78, 5) is 14.5. The fraction of sp³-hybridized carbons (Fsp3) is 0.812. The maximum atomic E-state index is 12.6. The van der Waals surface area contributed by atoms with Crippen LogP contribution in [0, 0.1) is 10.2 Å². The van der Waals surface area contributed by atoms with Crippen molar-refractivity contribution >= 4 is 18.1 Å². The molecule has 1 aromatic rings. The lowest BCUT2D eigenvalue weighted by Crippen LogP contribution is -2.42. The summed E-state index contributed by atoms with van der Waals surface area (Å²) in [5, 5.41) is 7.03. The molecule has 0 radical (unpaired) electrons. The smallest absolute Gasteiger partial charge is 0.242 e. The van der Waals surface area contributed by atoms with E-state index >= 15 is 0 Å². The van der Waals surface area contributed by atoms with Gasteiger partial charge >= 0.3 is 0 Å². The summed E-state index contributed by atoms with van der Waals surface area (Å²) in [6, 6.07) is 0.358. The Morgan fingerprint density at radius 1 is 1.45 bits per heavy atom. The molecule has 1 aliphatic rings. The molecule has 6 heteroatoms. The van der Waals surface area contributed by atoms with Gasteiger partial charge < -0.3 is 4.90 Å². The van der Waals surface area contributed by atoms with Gasteiger partial charge in [-0.2, -0.15) is 5.10 Å². The Kier molecular flexibility index (Phi) is 5.42. The standard InChI is InChI=1S/C16H28N4OS/c1-5-6-13-17-18-15(22)20(13)11-14(21)19(4)12-7-9-16(2,3)10-8-12/h12H,5-11H2,1-4H3,(H,18,22). The third-order valence-corrected chi connectivity index (χ3v) is 5.17. The second-order valence-corrected chi connectivity index (χ2v) is 7.57. The zero-order valence-electron chi connectivity index (χ0n) is 14.2. The minimum atomic E-state index is 0.125. The fourth-order valence-corrected chi connectivity index (χ4v) is 3.37. The Bertz CT molecular complexity index is 565. The van der Waals surface area contributed by atoms with Gasteiger partial charge in [-0.3, -0.25) is 14.5 Å². The quantitative estimate of drug-likeness (QED) is 0.845. The molecule has 1 aliphatic carbocycles. The number of hydrogen-bond donors (Lipinski definition) is 1. The van der Waals surface area contributed by atoms with Crippen LogP contribution >= 0.6 is 12.2 Å². The second kappa shape index (κ2) is 6.94. The Morgan fingerprint density at radius 2 is 2.09 bits per heavy atom. The van der Waals surface area contributed by atoms with Gasteiger partial charge in [-0.15, -0.1) is 0 Å². The van der Waals surface area contributed by atoms with Gasteiger partial charge in [-0.1, -0.05) is 20.8 Å². The number of aryl methyl sites for hydroxylation is 1. The van der Waals surface area contributed by atoms with E-state index in [2.05, 4.69) is 31.0 Å². The average molecular weight is 324 g/mol. The van der Waals surface area contributed by atoms with Crippen LogP contribution in [-0.4, -0.2) is 38.7 Å². The normalized spacial score (nSPS) is 18.4. The predicted octanol–water partition coefficient (Wildman–Crippen LogP) is 3.32. The van der Waals surface area contributed by atoms with Gasteiger partial charge in [0.15, 0.2) is 4.77 Å². The minimum absolute atomic E-state index is 0.125. The van der Waals surface area contributed by atoms with Crippen LogP contribution < -0.4 is 0 Å². The molecule has 1 aromatic heterocycles. The summed E-state index contributed by atoms with van der Waals surface area (Å²) < 4.78 is 2.37. The molecular weight excluding hydrogens is 296 g/mol. The van der Waals surface area contributed by atoms with Gasteiger partial charge in [0, 0.05) is 19.5 Å². The zero-order chi connectivity index (χ0) is 16.3. The molecule has 22 heavy (non-hydrogen) atoms. The van der Waals surface area contributed by atoms with Crippen molar-refractivity contribution in [2.45, 2.75) is 71.9 Å². The first-order chi connectivity index (χ1) is 10.3. The maximum Gasteiger partial charge on any atom is 0.242 e. The van der Waals surface area contributed by atoms with E-state index < -0.39 is 0 Å². The van der Waals surface area contributed by atoms with Crippen LogP contribution in [0.3, 0.4) is 0 Å². The first-order valence-corrected chi connectivity index (χ1v) is 8.64. The fourth-order valence-electron chi connectivity index (χ4n) is 3.15. The number of aromatic amines is 1. The molecule has 0 unspecified atom stereocenters. The van der Waals surface area contributed by atoms with Crippen LogP contribution in [0.15, 0.2) is 0 Å². The number of H-pyrrole nitrogens is 1. The van der Waals surface area contributed by atoms with Gasteiger partial charge in [0.1, 0.15) is 12.4 Å². The van der Waals surface area contributed by atoms with E-state index in [9.17, 15) is 4.79 Å². The van der Waals surface area contributed by atoms with Gasteiger partial charge in [-0.05, 0) is 49.7 Å². The first kappa shape index (κ1) is 17.2. The third-order valence-electron chi connectivity index (χ3n) is 4.85. The Labute approximate surface area is 138 Å². The van der Waals surface area contributed by atoms with E-state index in [1.54, 1.807) is 0 Å². The van der Waals surface area contributed by atoms with Crippen molar-refractivity contribution in [2.24, 2.45) is 5.41 Å². The molecule has 1 saturated carbocycles. The number of amides is 1. The molecule has 5 nitrogen and oxygen atoms in total. The summed E-state index contributed by atoms with van der Waals surface area (Å²) in [6.07, 6.45) is 6.37. The van der Waals surface area contributed by atoms with Crippen molar-refractivity contribution in [3.8, 4) is 0 Å². The lowest BCUT2D eigenvalue weighted by molar-refractivity contribution is -0.133.